The molecular weight excluding hydrogens is 482 g/mol. The Kier molecular flexibility index (Phi) is 8.08. The van der Waals surface area contributed by atoms with Crippen molar-refractivity contribution in [3.8, 4) is 0 Å². The first kappa shape index (κ1) is 27.2. The van der Waals surface area contributed by atoms with E-state index in [1.807, 2.05) is 34.6 Å². The molecule has 1 aromatic carbocycles. The zero-order chi connectivity index (χ0) is 26.1. The quantitative estimate of drug-likeness (QED) is 0.336. The van der Waals surface area contributed by atoms with Crippen molar-refractivity contribution in [2.45, 2.75) is 128 Å². The van der Waals surface area contributed by atoms with Crippen LogP contribution in [0.5, 0.6) is 0 Å². The molecule has 37 heavy (non-hydrogen) atoms. The van der Waals surface area contributed by atoms with Gasteiger partial charge in [0.2, 0.25) is 10.0 Å². The van der Waals surface area contributed by atoms with Gasteiger partial charge in [0.1, 0.15) is 6.10 Å². The van der Waals surface area contributed by atoms with Gasteiger partial charge in [0.15, 0.2) is 0 Å². The van der Waals surface area contributed by atoms with Crippen molar-refractivity contribution < 1.29 is 17.9 Å². The molecule has 5 nitrogen and oxygen atoms in total. The summed E-state index contributed by atoms with van der Waals surface area (Å²) in [5.74, 6) is 0.352. The molecule has 4 fully saturated rings. The fourth-order valence-electron chi connectivity index (χ4n) is 8.44. The number of ether oxygens (including phenoxy) is 1. The maximum absolute atomic E-state index is 14.5. The van der Waals surface area contributed by atoms with Crippen molar-refractivity contribution in [2.75, 3.05) is 5.75 Å². The molecule has 4 aliphatic rings. The van der Waals surface area contributed by atoms with Crippen LogP contribution in [0.3, 0.4) is 0 Å². The third kappa shape index (κ3) is 5.39. The topological polar surface area (TPSA) is 63.7 Å². The van der Waals surface area contributed by atoms with Gasteiger partial charge in [0.25, 0.3) is 0 Å². The molecule has 0 N–H and O–H groups in total. The minimum absolute atomic E-state index is 0.132. The van der Waals surface area contributed by atoms with Gasteiger partial charge in [-0.15, -0.1) is 0 Å². The Bertz CT molecular complexity index is 1010. The van der Waals surface area contributed by atoms with Crippen LogP contribution in [0.25, 0.3) is 0 Å². The SMILES string of the molecule is CC1(C)[C@@H]2CC[C@@]1(CS(=O)(=O)N(C1CCCCC1)C1CCCCC1)[C@H](OC(=O)CCc1ccccc1)C2. The van der Waals surface area contributed by atoms with Gasteiger partial charge in [0, 0.05) is 23.9 Å². The lowest BCUT2D eigenvalue weighted by atomic mass is 9.69. The van der Waals surface area contributed by atoms with Gasteiger partial charge in [0.05, 0.1) is 5.75 Å². The molecule has 0 aromatic heterocycles. The number of fused-ring (bicyclic) bond motifs is 2. The number of rotatable bonds is 9. The minimum atomic E-state index is -3.50. The second-order valence-electron chi connectivity index (χ2n) is 13.0. The number of carbonyl (C=O) groups is 1. The predicted octanol–water partition coefficient (Wildman–Crippen LogP) is 6.65. The van der Waals surface area contributed by atoms with E-state index in [2.05, 4.69) is 13.8 Å². The van der Waals surface area contributed by atoms with E-state index >= 15 is 0 Å². The fourth-order valence-corrected chi connectivity index (χ4v) is 11.3. The molecule has 0 spiro atoms. The van der Waals surface area contributed by atoms with Gasteiger partial charge in [-0.1, -0.05) is 82.7 Å². The Morgan fingerprint density at radius 1 is 0.919 bits per heavy atom. The second-order valence-corrected chi connectivity index (χ2v) is 14.9. The zero-order valence-corrected chi connectivity index (χ0v) is 23.8. The minimum Gasteiger partial charge on any atom is -0.462 e. The van der Waals surface area contributed by atoms with Crippen LogP contribution in [-0.4, -0.2) is 42.6 Å². The van der Waals surface area contributed by atoms with E-state index in [-0.39, 0.29) is 35.3 Å². The van der Waals surface area contributed by atoms with E-state index in [1.165, 1.54) is 12.8 Å². The molecule has 0 saturated heterocycles. The number of esters is 1. The Labute approximate surface area is 224 Å². The molecular formula is C31H47NO4S. The molecule has 0 aliphatic heterocycles. The molecule has 1 aromatic rings. The van der Waals surface area contributed by atoms with Crippen molar-refractivity contribution in [3.05, 3.63) is 35.9 Å². The van der Waals surface area contributed by atoms with Crippen molar-refractivity contribution in [2.24, 2.45) is 16.7 Å². The Balaban J connectivity index is 1.36. The molecule has 0 radical (unpaired) electrons. The third-order valence-corrected chi connectivity index (χ3v) is 12.8. The maximum Gasteiger partial charge on any atom is 0.306 e. The summed E-state index contributed by atoms with van der Waals surface area (Å²) < 4.78 is 37.2. The number of nitrogens with zero attached hydrogens (tertiary/aromatic N) is 1. The van der Waals surface area contributed by atoms with Crippen LogP contribution in [-0.2, 0) is 26.0 Å². The molecule has 5 rings (SSSR count). The van der Waals surface area contributed by atoms with Gasteiger partial charge in [-0.3, -0.25) is 4.79 Å². The highest BCUT2D eigenvalue weighted by atomic mass is 32.2. The summed E-state index contributed by atoms with van der Waals surface area (Å²) in [4.78, 5) is 13.0. The van der Waals surface area contributed by atoms with Crippen molar-refractivity contribution in [1.29, 1.82) is 0 Å². The molecule has 0 unspecified atom stereocenters. The highest BCUT2D eigenvalue weighted by Gasteiger charge is 2.67. The molecule has 206 valence electrons. The predicted molar refractivity (Wildman–Crippen MR) is 148 cm³/mol. The van der Waals surface area contributed by atoms with E-state index in [1.54, 1.807) is 0 Å². The van der Waals surface area contributed by atoms with Crippen LogP contribution in [0.15, 0.2) is 30.3 Å². The van der Waals surface area contributed by atoms with Gasteiger partial charge in [-0.25, -0.2) is 8.42 Å². The summed E-state index contributed by atoms with van der Waals surface area (Å²) in [6.07, 6.45) is 14.3. The normalized spacial score (nSPS) is 30.6. The van der Waals surface area contributed by atoms with E-state index < -0.39 is 15.4 Å². The Morgan fingerprint density at radius 3 is 2.08 bits per heavy atom. The fraction of sp³-hybridized carbons (Fsp3) is 0.774. The first-order chi connectivity index (χ1) is 17.7. The zero-order valence-electron chi connectivity index (χ0n) is 23.0. The summed E-state index contributed by atoms with van der Waals surface area (Å²) in [6.45, 7) is 4.48. The first-order valence-electron chi connectivity index (χ1n) is 15.0. The average molecular weight is 530 g/mol. The standard InChI is InChI=1S/C31H47NO4S/c1-30(2)25-20-21-31(30,28(22-25)36-29(33)19-18-24-12-6-3-7-13-24)23-37(34,35)32(26-14-8-4-9-15-26)27-16-10-5-11-17-27/h3,6-7,12-13,25-28H,4-5,8-11,14-23H2,1-2H3/t25-,28-,31-/m1/s1. The first-order valence-corrected chi connectivity index (χ1v) is 16.6. The molecule has 2 bridgehead atoms. The number of benzene rings is 1. The third-order valence-electron chi connectivity index (χ3n) is 10.7. The average Bonchev–Trinajstić information content (AvgIpc) is 3.24. The van der Waals surface area contributed by atoms with Crippen LogP contribution in [0.4, 0.5) is 0 Å². The lowest BCUT2D eigenvalue weighted by Crippen LogP contribution is -2.54. The summed E-state index contributed by atoms with van der Waals surface area (Å²) in [5, 5.41) is 0. The highest BCUT2D eigenvalue weighted by molar-refractivity contribution is 7.89. The van der Waals surface area contributed by atoms with Gasteiger partial charge < -0.3 is 4.74 Å². The monoisotopic (exact) mass is 529 g/mol. The number of sulfonamides is 1. The number of hydrogen-bond donors (Lipinski definition) is 0. The van der Waals surface area contributed by atoms with Crippen molar-refractivity contribution in [3.63, 3.8) is 0 Å². The Morgan fingerprint density at radius 2 is 1.51 bits per heavy atom. The maximum atomic E-state index is 14.5. The molecule has 3 atom stereocenters. The van der Waals surface area contributed by atoms with Crippen LogP contribution in [0.2, 0.25) is 0 Å². The molecule has 4 aliphatic carbocycles. The lowest BCUT2D eigenvalue weighted by Gasteiger charge is -2.46. The largest absolute Gasteiger partial charge is 0.462 e. The van der Waals surface area contributed by atoms with E-state index in [4.69, 9.17) is 4.74 Å². The smallest absolute Gasteiger partial charge is 0.306 e. The van der Waals surface area contributed by atoms with Crippen LogP contribution < -0.4 is 0 Å². The summed E-state index contributed by atoms with van der Waals surface area (Å²) in [7, 11) is -3.50. The molecule has 6 heteroatoms. The molecule has 0 amide bonds. The lowest BCUT2D eigenvalue weighted by molar-refractivity contribution is -0.156. The van der Waals surface area contributed by atoms with Crippen LogP contribution >= 0.6 is 0 Å². The number of aryl methyl sites for hydroxylation is 1. The summed E-state index contributed by atoms with van der Waals surface area (Å²) >= 11 is 0. The van der Waals surface area contributed by atoms with E-state index in [0.717, 1.165) is 76.2 Å². The molecule has 4 saturated carbocycles. The van der Waals surface area contributed by atoms with Gasteiger partial charge >= 0.3 is 5.97 Å². The van der Waals surface area contributed by atoms with E-state index in [9.17, 15) is 13.2 Å². The highest BCUT2D eigenvalue weighted by Crippen LogP contribution is 2.67. The number of hydrogen-bond acceptors (Lipinski definition) is 4. The van der Waals surface area contributed by atoms with E-state index in [0.29, 0.717) is 18.8 Å². The van der Waals surface area contributed by atoms with Gasteiger partial charge in [-0.05, 0) is 68.3 Å². The summed E-state index contributed by atoms with van der Waals surface area (Å²) in [6, 6.07) is 10.3. The summed E-state index contributed by atoms with van der Waals surface area (Å²) in [5.41, 5.74) is 0.469. The van der Waals surface area contributed by atoms with Crippen molar-refractivity contribution in [1.82, 2.24) is 4.31 Å². The van der Waals surface area contributed by atoms with Crippen LogP contribution in [0, 0.1) is 16.7 Å². The second kappa shape index (κ2) is 11.0. The van der Waals surface area contributed by atoms with Gasteiger partial charge in [-0.2, -0.15) is 4.31 Å². The Hall–Kier alpha value is -1.40. The van der Waals surface area contributed by atoms with Crippen LogP contribution in [0.1, 0.15) is 109 Å². The van der Waals surface area contributed by atoms with Crippen molar-refractivity contribution >= 4 is 16.0 Å². The molecule has 0 heterocycles. The number of carbonyl (C=O) groups excluding carboxylic acids is 1.